The number of carboxylic acids is 1. The van der Waals surface area contributed by atoms with Gasteiger partial charge in [0.2, 0.25) is 5.91 Å². The Labute approximate surface area is 217 Å². The van der Waals surface area contributed by atoms with Gasteiger partial charge in [-0.25, -0.2) is 4.79 Å². The van der Waals surface area contributed by atoms with Gasteiger partial charge in [0, 0.05) is 19.5 Å². The minimum Gasteiger partial charge on any atom is -0.479 e. The third-order valence-corrected chi connectivity index (χ3v) is 6.25. The number of unbranched alkanes of at least 4 members (excludes halogenated alkanes) is 18. The van der Waals surface area contributed by atoms with E-state index in [0.717, 1.165) is 19.5 Å². The molecule has 0 saturated carbocycles. The second-order valence-electron chi connectivity index (χ2n) is 10.3. The number of aliphatic hydroxyl groups is 1. The van der Waals surface area contributed by atoms with Crippen LogP contribution in [0.25, 0.3) is 0 Å². The molecule has 0 radical (unpaired) electrons. The molecule has 0 aliphatic rings. The average Bonchev–Trinajstić information content (AvgIpc) is 2.80. The molecule has 6 heteroatoms. The molecule has 0 aliphatic carbocycles. The fourth-order valence-corrected chi connectivity index (χ4v) is 3.87. The van der Waals surface area contributed by atoms with Crippen molar-refractivity contribution in [2.75, 3.05) is 27.2 Å². The largest absolute Gasteiger partial charge is 0.479 e. The predicted molar refractivity (Wildman–Crippen MR) is 149 cm³/mol. The molecule has 210 valence electrons. The van der Waals surface area contributed by atoms with E-state index in [4.69, 9.17) is 10.2 Å². The molecule has 0 saturated heterocycles. The number of amides is 1. The van der Waals surface area contributed by atoms with E-state index in [9.17, 15) is 9.59 Å². The van der Waals surface area contributed by atoms with E-state index < -0.39 is 12.1 Å². The van der Waals surface area contributed by atoms with E-state index in [-0.39, 0.29) is 5.91 Å². The number of nitrogens with zero attached hydrogens (tertiary/aromatic N) is 1. The van der Waals surface area contributed by atoms with Crippen molar-refractivity contribution in [3.63, 3.8) is 0 Å². The SMILES string of the molecule is CC(O)C(=O)O.CCCCCCCCCCCCCCCCCCCCCC(=O)NCCN(C)C. The van der Waals surface area contributed by atoms with Gasteiger partial charge in [0.15, 0.2) is 0 Å². The van der Waals surface area contributed by atoms with Gasteiger partial charge in [-0.15, -0.1) is 0 Å². The molecule has 0 heterocycles. The zero-order chi connectivity index (χ0) is 26.6. The minimum atomic E-state index is -1.23. The van der Waals surface area contributed by atoms with E-state index in [0.29, 0.717) is 6.42 Å². The van der Waals surface area contributed by atoms with Crippen LogP contribution in [0.2, 0.25) is 0 Å². The van der Waals surface area contributed by atoms with Crippen molar-refractivity contribution >= 4 is 11.9 Å². The van der Waals surface area contributed by atoms with E-state index >= 15 is 0 Å². The van der Waals surface area contributed by atoms with Gasteiger partial charge >= 0.3 is 5.97 Å². The summed E-state index contributed by atoms with van der Waals surface area (Å²) in [6.45, 7) is 5.18. The van der Waals surface area contributed by atoms with Gasteiger partial charge in [0.1, 0.15) is 6.10 Å². The highest BCUT2D eigenvalue weighted by Crippen LogP contribution is 2.14. The Hall–Kier alpha value is -1.14. The number of aliphatic hydroxyl groups excluding tert-OH is 1. The lowest BCUT2D eigenvalue weighted by molar-refractivity contribution is -0.145. The van der Waals surface area contributed by atoms with Crippen molar-refractivity contribution in [3.8, 4) is 0 Å². The fraction of sp³-hybridized carbons (Fsp3) is 0.931. The first-order valence-electron chi connectivity index (χ1n) is 14.6. The van der Waals surface area contributed by atoms with Crippen molar-refractivity contribution < 1.29 is 19.8 Å². The zero-order valence-corrected chi connectivity index (χ0v) is 23.8. The topological polar surface area (TPSA) is 89.9 Å². The Morgan fingerprint density at radius 1 is 0.686 bits per heavy atom. The van der Waals surface area contributed by atoms with Crippen molar-refractivity contribution in [3.05, 3.63) is 0 Å². The maximum absolute atomic E-state index is 11.7. The number of nitrogens with one attached hydrogen (secondary N) is 1. The first-order chi connectivity index (χ1) is 16.8. The summed E-state index contributed by atoms with van der Waals surface area (Å²) in [4.78, 5) is 23.2. The standard InChI is InChI=1S/C26H54N2O.C3H6O3/c1-4-5-6-7-8-9-10-11-12-13-14-15-16-17-18-19-20-21-22-23-26(29)27-24-25-28(2)3;1-2(4)3(5)6/h4-25H2,1-3H3,(H,27,29);2,4H,1H3,(H,5,6). The molecule has 0 aromatic heterocycles. The van der Waals surface area contributed by atoms with Gasteiger partial charge in [-0.1, -0.05) is 122 Å². The summed E-state index contributed by atoms with van der Waals surface area (Å²) in [7, 11) is 4.06. The predicted octanol–water partition coefficient (Wildman–Crippen LogP) is 6.94. The molecule has 0 rings (SSSR count). The molecular formula is C29H60N2O4. The first-order valence-corrected chi connectivity index (χ1v) is 14.6. The summed E-state index contributed by atoms with van der Waals surface area (Å²) in [6.07, 6.45) is 25.9. The Kier molecular flexibility index (Phi) is 29.9. The molecule has 0 aromatic rings. The third-order valence-electron chi connectivity index (χ3n) is 6.25. The second-order valence-corrected chi connectivity index (χ2v) is 10.3. The summed E-state index contributed by atoms with van der Waals surface area (Å²) in [5, 5.41) is 18.8. The van der Waals surface area contributed by atoms with Crippen LogP contribution in [-0.2, 0) is 9.59 Å². The number of carbonyl (C=O) groups excluding carboxylic acids is 1. The van der Waals surface area contributed by atoms with Crippen LogP contribution in [0.5, 0.6) is 0 Å². The molecule has 0 aromatic carbocycles. The van der Waals surface area contributed by atoms with Gasteiger partial charge < -0.3 is 20.4 Å². The first kappa shape index (κ1) is 36.0. The average molecular weight is 501 g/mol. The molecule has 6 nitrogen and oxygen atoms in total. The van der Waals surface area contributed by atoms with Gasteiger partial charge in [-0.2, -0.15) is 0 Å². The Morgan fingerprint density at radius 2 is 1.00 bits per heavy atom. The Balaban J connectivity index is 0. The Morgan fingerprint density at radius 3 is 1.29 bits per heavy atom. The number of aliphatic carboxylic acids is 1. The number of carboxylic acid groups (broad SMARTS) is 1. The minimum absolute atomic E-state index is 0.221. The highest BCUT2D eigenvalue weighted by atomic mass is 16.4. The molecule has 0 fully saturated rings. The van der Waals surface area contributed by atoms with Crippen molar-refractivity contribution in [2.24, 2.45) is 0 Å². The summed E-state index contributed by atoms with van der Waals surface area (Å²) >= 11 is 0. The smallest absolute Gasteiger partial charge is 0.332 e. The highest BCUT2D eigenvalue weighted by Gasteiger charge is 2.02. The normalized spacial score (nSPS) is 11.7. The van der Waals surface area contributed by atoms with E-state index in [2.05, 4.69) is 17.1 Å². The number of hydrogen-bond donors (Lipinski definition) is 3. The molecule has 0 spiro atoms. The molecule has 0 bridgehead atoms. The zero-order valence-electron chi connectivity index (χ0n) is 23.8. The van der Waals surface area contributed by atoms with E-state index in [1.807, 2.05) is 14.1 Å². The lowest BCUT2D eigenvalue weighted by Crippen LogP contribution is -2.31. The number of rotatable bonds is 24. The van der Waals surface area contributed by atoms with E-state index in [1.165, 1.54) is 122 Å². The summed E-state index contributed by atoms with van der Waals surface area (Å²) in [5.74, 6) is -0.964. The molecule has 1 unspecified atom stereocenters. The van der Waals surface area contributed by atoms with Crippen LogP contribution >= 0.6 is 0 Å². The lowest BCUT2D eigenvalue weighted by Gasteiger charge is -2.10. The number of carbonyl (C=O) groups is 2. The maximum Gasteiger partial charge on any atom is 0.332 e. The van der Waals surface area contributed by atoms with Crippen molar-refractivity contribution in [1.29, 1.82) is 0 Å². The van der Waals surface area contributed by atoms with Crippen LogP contribution in [0, 0.1) is 0 Å². The van der Waals surface area contributed by atoms with Crippen molar-refractivity contribution in [2.45, 2.75) is 148 Å². The highest BCUT2D eigenvalue weighted by molar-refractivity contribution is 5.75. The molecule has 3 N–H and O–H groups in total. The van der Waals surface area contributed by atoms with Gasteiger partial charge in [0.05, 0.1) is 0 Å². The van der Waals surface area contributed by atoms with Crippen LogP contribution in [0.4, 0.5) is 0 Å². The molecule has 35 heavy (non-hydrogen) atoms. The van der Waals surface area contributed by atoms with Gasteiger partial charge in [-0.05, 0) is 27.4 Å². The fourth-order valence-electron chi connectivity index (χ4n) is 3.87. The quantitative estimate of drug-likeness (QED) is 0.125. The van der Waals surface area contributed by atoms with Crippen LogP contribution < -0.4 is 5.32 Å². The van der Waals surface area contributed by atoms with Crippen LogP contribution in [0.15, 0.2) is 0 Å². The van der Waals surface area contributed by atoms with Crippen LogP contribution in [0.3, 0.4) is 0 Å². The second kappa shape index (κ2) is 29.1. The summed E-state index contributed by atoms with van der Waals surface area (Å²) in [5.41, 5.74) is 0. The molecule has 1 amide bonds. The Bertz CT molecular complexity index is 456. The summed E-state index contributed by atoms with van der Waals surface area (Å²) in [6, 6.07) is 0. The maximum atomic E-state index is 11.7. The monoisotopic (exact) mass is 500 g/mol. The molecule has 1 atom stereocenters. The van der Waals surface area contributed by atoms with Crippen molar-refractivity contribution in [1.82, 2.24) is 10.2 Å². The molecule has 0 aliphatic heterocycles. The number of hydrogen-bond acceptors (Lipinski definition) is 4. The van der Waals surface area contributed by atoms with Gasteiger partial charge in [-0.3, -0.25) is 4.79 Å². The molecular weight excluding hydrogens is 440 g/mol. The van der Waals surface area contributed by atoms with Gasteiger partial charge in [0.25, 0.3) is 0 Å². The third kappa shape index (κ3) is 35.1. The van der Waals surface area contributed by atoms with E-state index in [1.54, 1.807) is 0 Å². The van der Waals surface area contributed by atoms with Crippen LogP contribution in [0.1, 0.15) is 142 Å². The summed E-state index contributed by atoms with van der Waals surface area (Å²) < 4.78 is 0. The van der Waals surface area contributed by atoms with Crippen LogP contribution in [-0.4, -0.2) is 60.3 Å². The number of likely N-dealkylation sites (N-methyl/N-ethyl adjacent to an activating group) is 1. The lowest BCUT2D eigenvalue weighted by atomic mass is 10.0.